The van der Waals surface area contributed by atoms with Gasteiger partial charge in [0, 0.05) is 30.7 Å². The second kappa shape index (κ2) is 5.62. The molecule has 1 aliphatic carbocycles. The van der Waals surface area contributed by atoms with Gasteiger partial charge in [0.25, 0.3) is 0 Å². The third-order valence-corrected chi connectivity index (χ3v) is 5.34. The third kappa shape index (κ3) is 3.24. The first kappa shape index (κ1) is 14.9. The molecule has 0 radical (unpaired) electrons. The fourth-order valence-corrected chi connectivity index (χ4v) is 3.86. The molecule has 21 heavy (non-hydrogen) atoms. The lowest BCUT2D eigenvalue weighted by atomic mass is 9.77. The number of hydrogen-bond donors (Lipinski definition) is 2. The Morgan fingerprint density at radius 2 is 1.95 bits per heavy atom. The molecule has 3 rings (SSSR count). The van der Waals surface area contributed by atoms with Gasteiger partial charge < -0.3 is 10.4 Å². The average molecular weight is 288 g/mol. The molecule has 1 aromatic carbocycles. The molecule has 2 aliphatic rings. The van der Waals surface area contributed by atoms with Crippen LogP contribution in [0.1, 0.15) is 51.5 Å². The maximum atomic E-state index is 9.68. The normalized spacial score (nSPS) is 25.0. The second-order valence-electron chi connectivity index (χ2n) is 7.53. The highest BCUT2D eigenvalue weighted by Crippen LogP contribution is 2.35. The zero-order valence-corrected chi connectivity index (χ0v) is 13.4. The van der Waals surface area contributed by atoms with Crippen LogP contribution >= 0.6 is 0 Å². The van der Waals surface area contributed by atoms with Gasteiger partial charge in [0.2, 0.25) is 0 Å². The molecule has 1 heterocycles. The summed E-state index contributed by atoms with van der Waals surface area (Å²) in [6.07, 6.45) is 6.71. The van der Waals surface area contributed by atoms with E-state index in [2.05, 4.69) is 30.1 Å². The van der Waals surface area contributed by atoms with Crippen LogP contribution in [-0.2, 0) is 6.54 Å². The van der Waals surface area contributed by atoms with Crippen LogP contribution in [0.2, 0.25) is 0 Å². The molecule has 1 saturated carbocycles. The van der Waals surface area contributed by atoms with Gasteiger partial charge >= 0.3 is 0 Å². The summed E-state index contributed by atoms with van der Waals surface area (Å²) in [6.45, 7) is 7.73. The lowest BCUT2D eigenvalue weighted by Gasteiger charge is -2.53. The van der Waals surface area contributed by atoms with Crippen molar-refractivity contribution < 1.29 is 5.11 Å². The maximum Gasteiger partial charge on any atom is 0.115 e. The zero-order chi connectivity index (χ0) is 14.9. The highest BCUT2D eigenvalue weighted by Gasteiger charge is 2.42. The molecule has 116 valence electrons. The Hall–Kier alpha value is -1.06. The van der Waals surface area contributed by atoms with Crippen LogP contribution in [-0.4, -0.2) is 34.2 Å². The Labute approximate surface area is 128 Å². The van der Waals surface area contributed by atoms with Gasteiger partial charge in [-0.1, -0.05) is 31.4 Å². The van der Waals surface area contributed by atoms with Crippen molar-refractivity contribution in [3.05, 3.63) is 29.8 Å². The highest BCUT2D eigenvalue weighted by molar-refractivity contribution is 5.27. The summed E-state index contributed by atoms with van der Waals surface area (Å²) < 4.78 is 0. The highest BCUT2D eigenvalue weighted by atomic mass is 16.3. The van der Waals surface area contributed by atoms with E-state index in [1.807, 2.05) is 12.1 Å². The molecular weight excluding hydrogens is 260 g/mol. The SMILES string of the molecule is CC1(C)CNC2(CCCCC2)CN1Cc1cccc(O)c1. The van der Waals surface area contributed by atoms with Crippen molar-refractivity contribution in [2.75, 3.05) is 13.1 Å². The van der Waals surface area contributed by atoms with Gasteiger partial charge in [-0.2, -0.15) is 0 Å². The first-order valence-corrected chi connectivity index (χ1v) is 8.27. The van der Waals surface area contributed by atoms with Crippen molar-refractivity contribution in [3.8, 4) is 5.75 Å². The fraction of sp³-hybridized carbons (Fsp3) is 0.667. The van der Waals surface area contributed by atoms with Crippen molar-refractivity contribution in [2.24, 2.45) is 0 Å². The molecule has 1 spiro atoms. The molecule has 0 amide bonds. The summed E-state index contributed by atoms with van der Waals surface area (Å²) in [4.78, 5) is 2.60. The molecule has 1 saturated heterocycles. The summed E-state index contributed by atoms with van der Waals surface area (Å²) in [5.74, 6) is 0.368. The summed E-state index contributed by atoms with van der Waals surface area (Å²) >= 11 is 0. The quantitative estimate of drug-likeness (QED) is 0.876. The van der Waals surface area contributed by atoms with Crippen LogP contribution in [0.25, 0.3) is 0 Å². The summed E-state index contributed by atoms with van der Waals surface area (Å²) in [6, 6.07) is 7.70. The molecule has 0 aromatic heterocycles. The van der Waals surface area contributed by atoms with Crippen molar-refractivity contribution in [1.29, 1.82) is 0 Å². The van der Waals surface area contributed by atoms with Gasteiger partial charge in [0.15, 0.2) is 0 Å². The predicted octanol–water partition coefficient (Wildman–Crippen LogP) is 3.28. The van der Waals surface area contributed by atoms with Crippen LogP contribution in [0.15, 0.2) is 24.3 Å². The van der Waals surface area contributed by atoms with E-state index in [1.54, 1.807) is 6.07 Å². The van der Waals surface area contributed by atoms with Gasteiger partial charge in [0.05, 0.1) is 0 Å². The number of nitrogens with zero attached hydrogens (tertiary/aromatic N) is 1. The van der Waals surface area contributed by atoms with Crippen molar-refractivity contribution in [3.63, 3.8) is 0 Å². The monoisotopic (exact) mass is 288 g/mol. The van der Waals surface area contributed by atoms with Crippen molar-refractivity contribution in [1.82, 2.24) is 10.2 Å². The van der Waals surface area contributed by atoms with Crippen LogP contribution in [0.5, 0.6) is 5.75 Å². The van der Waals surface area contributed by atoms with Crippen molar-refractivity contribution >= 4 is 0 Å². The number of aromatic hydroxyl groups is 1. The minimum Gasteiger partial charge on any atom is -0.508 e. The Bertz CT molecular complexity index is 492. The van der Waals surface area contributed by atoms with E-state index in [-0.39, 0.29) is 5.54 Å². The number of phenolic OH excluding ortho intramolecular Hbond substituents is 1. The van der Waals surface area contributed by atoms with E-state index in [9.17, 15) is 5.11 Å². The average Bonchev–Trinajstić information content (AvgIpc) is 2.45. The predicted molar refractivity (Wildman–Crippen MR) is 86.4 cm³/mol. The number of hydrogen-bond acceptors (Lipinski definition) is 3. The molecule has 0 unspecified atom stereocenters. The molecule has 3 nitrogen and oxygen atoms in total. The summed E-state index contributed by atoms with van der Waals surface area (Å²) in [7, 11) is 0. The smallest absolute Gasteiger partial charge is 0.115 e. The zero-order valence-electron chi connectivity index (χ0n) is 13.4. The second-order valence-corrected chi connectivity index (χ2v) is 7.53. The lowest BCUT2D eigenvalue weighted by molar-refractivity contribution is 0.00482. The summed E-state index contributed by atoms with van der Waals surface area (Å²) in [5.41, 5.74) is 1.69. The number of rotatable bonds is 2. The van der Waals surface area contributed by atoms with Crippen molar-refractivity contribution in [2.45, 2.75) is 63.6 Å². The summed E-state index contributed by atoms with van der Waals surface area (Å²) in [5, 5.41) is 13.5. The van der Waals surface area contributed by atoms with Crippen LogP contribution in [0.4, 0.5) is 0 Å². The van der Waals surface area contributed by atoms with Gasteiger partial charge in [0.1, 0.15) is 5.75 Å². The van der Waals surface area contributed by atoms with Gasteiger partial charge in [-0.3, -0.25) is 4.90 Å². The largest absolute Gasteiger partial charge is 0.508 e. The minimum absolute atomic E-state index is 0.161. The molecule has 1 aromatic rings. The Morgan fingerprint density at radius 3 is 2.67 bits per heavy atom. The van der Waals surface area contributed by atoms with E-state index in [0.717, 1.165) is 19.6 Å². The van der Waals surface area contributed by atoms with Crippen LogP contribution in [0, 0.1) is 0 Å². The number of piperazine rings is 1. The topological polar surface area (TPSA) is 35.5 Å². The van der Waals surface area contributed by atoms with E-state index in [4.69, 9.17) is 0 Å². The molecule has 1 aliphatic heterocycles. The van der Waals surface area contributed by atoms with E-state index < -0.39 is 0 Å². The number of phenols is 1. The van der Waals surface area contributed by atoms with Gasteiger partial charge in [-0.05, 0) is 44.4 Å². The van der Waals surface area contributed by atoms with E-state index in [0.29, 0.717) is 11.3 Å². The van der Waals surface area contributed by atoms with Gasteiger partial charge in [-0.25, -0.2) is 0 Å². The molecule has 2 fully saturated rings. The molecule has 2 N–H and O–H groups in total. The lowest BCUT2D eigenvalue weighted by Crippen LogP contribution is -2.68. The first-order valence-electron chi connectivity index (χ1n) is 8.27. The third-order valence-electron chi connectivity index (χ3n) is 5.34. The van der Waals surface area contributed by atoms with Crippen LogP contribution in [0.3, 0.4) is 0 Å². The van der Waals surface area contributed by atoms with E-state index >= 15 is 0 Å². The number of benzene rings is 1. The standard InChI is InChI=1S/C18H28N2O/c1-17(2)13-19-18(9-4-3-5-10-18)14-20(17)12-15-7-6-8-16(21)11-15/h6-8,11,19,21H,3-5,9-10,12-14H2,1-2H3. The molecular formula is C18H28N2O. The minimum atomic E-state index is 0.161. The van der Waals surface area contributed by atoms with Gasteiger partial charge in [-0.15, -0.1) is 0 Å². The molecule has 0 bridgehead atoms. The van der Waals surface area contributed by atoms with E-state index in [1.165, 1.54) is 37.7 Å². The Balaban J connectivity index is 1.77. The maximum absolute atomic E-state index is 9.68. The molecule has 0 atom stereocenters. The Kier molecular flexibility index (Phi) is 3.98. The Morgan fingerprint density at radius 1 is 1.19 bits per heavy atom. The number of nitrogens with one attached hydrogen (secondary N) is 1. The first-order chi connectivity index (χ1) is 9.99. The van der Waals surface area contributed by atoms with Crippen LogP contribution < -0.4 is 5.32 Å². The molecule has 3 heteroatoms. The fourth-order valence-electron chi connectivity index (χ4n) is 3.86.